The maximum Gasteiger partial charge on any atom is 0.168 e. The van der Waals surface area contributed by atoms with E-state index in [2.05, 4.69) is 10.1 Å². The van der Waals surface area contributed by atoms with Crippen molar-refractivity contribution in [1.29, 1.82) is 0 Å². The summed E-state index contributed by atoms with van der Waals surface area (Å²) in [6.45, 7) is 3.99. The van der Waals surface area contributed by atoms with Crippen molar-refractivity contribution < 1.29 is 4.79 Å². The van der Waals surface area contributed by atoms with Gasteiger partial charge in [0, 0.05) is 24.0 Å². The maximum absolute atomic E-state index is 10.9. The van der Waals surface area contributed by atoms with Crippen LogP contribution in [0.5, 0.6) is 0 Å². The SMILES string of the molecule is CC(C)n1nc(-c2cccnc2)cc1C=O. The Morgan fingerprint density at radius 3 is 2.75 bits per heavy atom. The molecule has 0 amide bonds. The van der Waals surface area contributed by atoms with Gasteiger partial charge < -0.3 is 0 Å². The molecule has 2 heterocycles. The molecule has 0 spiro atoms. The zero-order valence-corrected chi connectivity index (χ0v) is 9.29. The summed E-state index contributed by atoms with van der Waals surface area (Å²) in [4.78, 5) is 14.9. The van der Waals surface area contributed by atoms with Gasteiger partial charge >= 0.3 is 0 Å². The first-order valence-corrected chi connectivity index (χ1v) is 5.17. The van der Waals surface area contributed by atoms with Gasteiger partial charge in [-0.3, -0.25) is 14.5 Å². The van der Waals surface area contributed by atoms with Gasteiger partial charge in [0.05, 0.1) is 5.69 Å². The van der Waals surface area contributed by atoms with E-state index in [-0.39, 0.29) is 6.04 Å². The van der Waals surface area contributed by atoms with Crippen LogP contribution in [-0.4, -0.2) is 21.1 Å². The lowest BCUT2D eigenvalue weighted by atomic mass is 10.2. The van der Waals surface area contributed by atoms with E-state index in [0.717, 1.165) is 17.5 Å². The summed E-state index contributed by atoms with van der Waals surface area (Å²) in [5.41, 5.74) is 2.29. The number of hydrogen-bond donors (Lipinski definition) is 0. The predicted octanol–water partition coefficient (Wildman–Crippen LogP) is 2.34. The van der Waals surface area contributed by atoms with Crippen LogP contribution >= 0.6 is 0 Å². The average molecular weight is 215 g/mol. The average Bonchev–Trinajstić information content (AvgIpc) is 2.74. The van der Waals surface area contributed by atoms with Gasteiger partial charge in [-0.15, -0.1) is 0 Å². The number of hydrogen-bond acceptors (Lipinski definition) is 3. The third kappa shape index (κ3) is 1.86. The van der Waals surface area contributed by atoms with Gasteiger partial charge in [0.15, 0.2) is 6.29 Å². The molecule has 0 unspecified atom stereocenters. The molecule has 0 aliphatic rings. The van der Waals surface area contributed by atoms with Crippen LogP contribution in [0.3, 0.4) is 0 Å². The maximum atomic E-state index is 10.9. The van der Waals surface area contributed by atoms with Crippen molar-refractivity contribution in [2.75, 3.05) is 0 Å². The molecule has 0 fully saturated rings. The Labute approximate surface area is 93.9 Å². The number of rotatable bonds is 3. The van der Waals surface area contributed by atoms with Gasteiger partial charge in [-0.2, -0.15) is 5.10 Å². The first kappa shape index (κ1) is 10.5. The fraction of sp³-hybridized carbons (Fsp3) is 0.250. The summed E-state index contributed by atoms with van der Waals surface area (Å²) >= 11 is 0. The zero-order chi connectivity index (χ0) is 11.5. The largest absolute Gasteiger partial charge is 0.296 e. The minimum Gasteiger partial charge on any atom is -0.296 e. The second-order valence-electron chi connectivity index (χ2n) is 3.85. The highest BCUT2D eigenvalue weighted by molar-refractivity contribution is 5.75. The molecule has 2 rings (SSSR count). The van der Waals surface area contributed by atoms with Gasteiger partial charge in [-0.1, -0.05) is 0 Å². The van der Waals surface area contributed by atoms with Crippen molar-refractivity contribution in [3.63, 3.8) is 0 Å². The molecule has 2 aromatic rings. The van der Waals surface area contributed by atoms with Crippen molar-refractivity contribution in [2.45, 2.75) is 19.9 Å². The minimum atomic E-state index is 0.172. The molecule has 82 valence electrons. The van der Waals surface area contributed by atoms with Crippen LogP contribution in [0.4, 0.5) is 0 Å². The molecule has 2 aromatic heterocycles. The zero-order valence-electron chi connectivity index (χ0n) is 9.29. The molecule has 0 atom stereocenters. The Morgan fingerprint density at radius 2 is 2.25 bits per heavy atom. The third-order valence-electron chi connectivity index (χ3n) is 2.33. The van der Waals surface area contributed by atoms with Crippen molar-refractivity contribution in [1.82, 2.24) is 14.8 Å². The normalized spacial score (nSPS) is 10.7. The summed E-state index contributed by atoms with van der Waals surface area (Å²) in [5.74, 6) is 0. The van der Waals surface area contributed by atoms with Gasteiger partial charge in [-0.25, -0.2) is 0 Å². The second-order valence-corrected chi connectivity index (χ2v) is 3.85. The number of carbonyl (C=O) groups is 1. The number of nitrogens with zero attached hydrogens (tertiary/aromatic N) is 3. The van der Waals surface area contributed by atoms with Crippen LogP contribution in [-0.2, 0) is 0 Å². The summed E-state index contributed by atoms with van der Waals surface area (Å²) in [6.07, 6.45) is 4.28. The molecule has 4 nitrogen and oxygen atoms in total. The van der Waals surface area contributed by atoms with E-state index >= 15 is 0 Å². The number of aromatic nitrogens is 3. The lowest BCUT2D eigenvalue weighted by molar-refractivity contribution is 0.111. The molecule has 0 aromatic carbocycles. The summed E-state index contributed by atoms with van der Waals surface area (Å²) in [6, 6.07) is 5.73. The number of aldehydes is 1. The highest BCUT2D eigenvalue weighted by Crippen LogP contribution is 2.19. The van der Waals surface area contributed by atoms with E-state index < -0.39 is 0 Å². The first-order chi connectivity index (χ1) is 7.72. The Morgan fingerprint density at radius 1 is 1.44 bits per heavy atom. The molecule has 4 heteroatoms. The minimum absolute atomic E-state index is 0.172. The van der Waals surface area contributed by atoms with E-state index in [4.69, 9.17) is 0 Å². The van der Waals surface area contributed by atoms with Gasteiger partial charge in [0.1, 0.15) is 5.69 Å². The number of pyridine rings is 1. The quantitative estimate of drug-likeness (QED) is 0.738. The summed E-state index contributed by atoms with van der Waals surface area (Å²) in [5, 5.41) is 4.40. The van der Waals surface area contributed by atoms with Crippen LogP contribution < -0.4 is 0 Å². The first-order valence-electron chi connectivity index (χ1n) is 5.17. The Bertz CT molecular complexity index is 488. The smallest absolute Gasteiger partial charge is 0.168 e. The van der Waals surface area contributed by atoms with Gasteiger partial charge in [-0.05, 0) is 32.0 Å². The van der Waals surface area contributed by atoms with E-state index in [1.54, 1.807) is 23.1 Å². The van der Waals surface area contributed by atoms with Crippen LogP contribution in [0.25, 0.3) is 11.3 Å². The van der Waals surface area contributed by atoms with Crippen molar-refractivity contribution in [3.8, 4) is 11.3 Å². The Kier molecular flexibility index (Phi) is 2.81. The molecule has 0 N–H and O–H groups in total. The molecule has 0 bridgehead atoms. The Balaban J connectivity index is 2.48. The molecule has 16 heavy (non-hydrogen) atoms. The molecule has 0 radical (unpaired) electrons. The van der Waals surface area contributed by atoms with E-state index in [1.165, 1.54) is 0 Å². The van der Waals surface area contributed by atoms with Crippen LogP contribution in [0.1, 0.15) is 30.4 Å². The van der Waals surface area contributed by atoms with E-state index in [1.807, 2.05) is 26.0 Å². The number of carbonyl (C=O) groups excluding carboxylic acids is 1. The Hall–Kier alpha value is -1.97. The van der Waals surface area contributed by atoms with Crippen molar-refractivity contribution >= 4 is 6.29 Å². The molecule has 0 saturated carbocycles. The summed E-state index contributed by atoms with van der Waals surface area (Å²) < 4.78 is 1.72. The van der Waals surface area contributed by atoms with E-state index in [9.17, 15) is 4.79 Å². The van der Waals surface area contributed by atoms with Crippen LogP contribution in [0.15, 0.2) is 30.6 Å². The van der Waals surface area contributed by atoms with Crippen molar-refractivity contribution in [3.05, 3.63) is 36.3 Å². The van der Waals surface area contributed by atoms with Gasteiger partial charge in [0.25, 0.3) is 0 Å². The van der Waals surface area contributed by atoms with Crippen LogP contribution in [0.2, 0.25) is 0 Å². The third-order valence-corrected chi connectivity index (χ3v) is 2.33. The fourth-order valence-corrected chi connectivity index (χ4v) is 1.57. The van der Waals surface area contributed by atoms with Crippen molar-refractivity contribution in [2.24, 2.45) is 0 Å². The monoisotopic (exact) mass is 215 g/mol. The van der Waals surface area contributed by atoms with E-state index in [0.29, 0.717) is 5.69 Å². The second kappa shape index (κ2) is 4.26. The lowest BCUT2D eigenvalue weighted by Gasteiger charge is -2.06. The topological polar surface area (TPSA) is 47.8 Å². The molecular formula is C12H13N3O. The molecular weight excluding hydrogens is 202 g/mol. The predicted molar refractivity (Wildman–Crippen MR) is 61.2 cm³/mol. The molecule has 0 aliphatic carbocycles. The van der Waals surface area contributed by atoms with Crippen LogP contribution in [0, 0.1) is 0 Å². The van der Waals surface area contributed by atoms with Gasteiger partial charge in [0.2, 0.25) is 0 Å². The molecule has 0 aliphatic heterocycles. The fourth-order valence-electron chi connectivity index (χ4n) is 1.57. The summed E-state index contributed by atoms with van der Waals surface area (Å²) in [7, 11) is 0. The lowest BCUT2D eigenvalue weighted by Crippen LogP contribution is -2.06. The highest BCUT2D eigenvalue weighted by Gasteiger charge is 2.10. The standard InChI is InChI=1S/C12H13N3O/c1-9(2)15-11(8-16)6-12(14-15)10-4-3-5-13-7-10/h3-9H,1-2H3. The molecule has 0 saturated heterocycles. The highest BCUT2D eigenvalue weighted by atomic mass is 16.1.